The summed E-state index contributed by atoms with van der Waals surface area (Å²) >= 11 is 0. The van der Waals surface area contributed by atoms with Crippen LogP contribution in [-0.4, -0.2) is 36.8 Å². The molecule has 2 aliphatic rings. The lowest BCUT2D eigenvalue weighted by molar-refractivity contribution is -0.165. The van der Waals surface area contributed by atoms with Crippen molar-refractivity contribution in [3.8, 4) is 0 Å². The third-order valence-electron chi connectivity index (χ3n) is 3.73. The van der Waals surface area contributed by atoms with Gasteiger partial charge < -0.3 is 20.6 Å². The number of methoxy groups -OCH3 is 1. The van der Waals surface area contributed by atoms with Gasteiger partial charge in [0, 0.05) is 18.7 Å². The summed E-state index contributed by atoms with van der Waals surface area (Å²) in [5, 5.41) is 6.74. The Bertz CT molecular complexity index is 656. The Morgan fingerprint density at radius 2 is 2.38 bits per heavy atom. The van der Waals surface area contributed by atoms with E-state index in [-0.39, 0.29) is 18.9 Å². The minimum Gasteiger partial charge on any atom is -0.466 e. The van der Waals surface area contributed by atoms with Gasteiger partial charge in [0.05, 0.1) is 19.2 Å². The molecule has 0 saturated heterocycles. The number of oxime groups is 1. The van der Waals surface area contributed by atoms with Crippen molar-refractivity contribution in [3.05, 3.63) is 29.3 Å². The molecule has 1 aromatic rings. The zero-order valence-electron chi connectivity index (χ0n) is 11.5. The topological polar surface area (TPSA) is 103 Å². The number of carbonyl (C=O) groups excluding carboxylic acids is 2. The monoisotopic (exact) mass is 289 g/mol. The number of fused-ring (bicyclic) bond motifs is 1. The second-order valence-corrected chi connectivity index (χ2v) is 5.09. The molecule has 0 saturated carbocycles. The molecule has 3 rings (SSSR count). The number of amides is 1. The molecule has 0 spiro atoms. The van der Waals surface area contributed by atoms with E-state index in [1.54, 1.807) is 0 Å². The molecule has 1 aromatic carbocycles. The average Bonchev–Trinajstić information content (AvgIpc) is 3.08. The lowest BCUT2D eigenvalue weighted by Crippen LogP contribution is -2.46. The fourth-order valence-electron chi connectivity index (χ4n) is 2.53. The summed E-state index contributed by atoms with van der Waals surface area (Å²) in [6, 6.07) is 5.52. The average molecular weight is 289 g/mol. The van der Waals surface area contributed by atoms with Crippen molar-refractivity contribution in [2.24, 2.45) is 10.9 Å². The van der Waals surface area contributed by atoms with E-state index in [0.29, 0.717) is 12.1 Å². The number of nitrogens with zero attached hydrogens (tertiary/aromatic N) is 1. The summed E-state index contributed by atoms with van der Waals surface area (Å²) < 4.78 is 4.73. The zero-order valence-corrected chi connectivity index (χ0v) is 11.5. The molecule has 0 fully saturated rings. The van der Waals surface area contributed by atoms with E-state index >= 15 is 0 Å². The maximum atomic E-state index is 11.8. The lowest BCUT2D eigenvalue weighted by Gasteiger charge is -2.21. The molecule has 2 aliphatic heterocycles. The Kier molecular flexibility index (Phi) is 3.13. The third-order valence-corrected chi connectivity index (χ3v) is 3.73. The second kappa shape index (κ2) is 4.85. The quantitative estimate of drug-likeness (QED) is 0.772. The molecule has 21 heavy (non-hydrogen) atoms. The van der Waals surface area contributed by atoms with Crippen LogP contribution in [0.15, 0.2) is 23.4 Å². The molecule has 7 nitrogen and oxygen atoms in total. The molecule has 110 valence electrons. The number of hydrogen-bond donors (Lipinski definition) is 2. The van der Waals surface area contributed by atoms with Crippen molar-refractivity contribution in [2.75, 3.05) is 19.0 Å². The normalized spacial score (nSPS) is 23.1. The summed E-state index contributed by atoms with van der Waals surface area (Å²) in [5.74, 6) is -0.570. The number of carbonyl (C=O) groups is 2. The number of benzene rings is 1. The molecule has 1 amide bonds. The molecule has 0 bridgehead atoms. The van der Waals surface area contributed by atoms with Crippen molar-refractivity contribution >= 4 is 23.3 Å². The number of nitrogens with one attached hydrogen (secondary N) is 1. The molecular formula is C14H15N3O4. The first-order chi connectivity index (χ1) is 10.1. The number of esters is 1. The second-order valence-electron chi connectivity index (χ2n) is 5.09. The first kappa shape index (κ1) is 13.6. The van der Waals surface area contributed by atoms with E-state index in [0.717, 1.165) is 16.8 Å². The largest absolute Gasteiger partial charge is 0.466 e. The summed E-state index contributed by atoms with van der Waals surface area (Å²) in [6.45, 7) is -0.0162. The van der Waals surface area contributed by atoms with Crippen molar-refractivity contribution < 1.29 is 19.2 Å². The SMILES string of the molecule is COC(=O)C1(CN)CC(c2ccc3c(c2)CC(=O)N3)=NO1. The van der Waals surface area contributed by atoms with Crippen LogP contribution in [0, 0.1) is 0 Å². The van der Waals surface area contributed by atoms with Gasteiger partial charge in [-0.1, -0.05) is 11.2 Å². The van der Waals surface area contributed by atoms with E-state index in [9.17, 15) is 9.59 Å². The number of nitrogens with two attached hydrogens (primary N) is 1. The van der Waals surface area contributed by atoms with Crippen molar-refractivity contribution in [1.29, 1.82) is 0 Å². The Morgan fingerprint density at radius 3 is 3.10 bits per heavy atom. The highest BCUT2D eigenvalue weighted by Crippen LogP contribution is 2.30. The highest BCUT2D eigenvalue weighted by molar-refractivity contribution is 6.06. The van der Waals surface area contributed by atoms with E-state index < -0.39 is 11.6 Å². The minimum absolute atomic E-state index is 0.0162. The highest BCUT2D eigenvalue weighted by Gasteiger charge is 2.47. The minimum atomic E-state index is -1.25. The predicted molar refractivity (Wildman–Crippen MR) is 74.8 cm³/mol. The molecule has 3 N–H and O–H groups in total. The van der Waals surface area contributed by atoms with E-state index in [4.69, 9.17) is 15.3 Å². The number of ether oxygens (including phenoxy) is 1. The van der Waals surface area contributed by atoms with Crippen molar-refractivity contribution in [3.63, 3.8) is 0 Å². The molecule has 0 radical (unpaired) electrons. The lowest BCUT2D eigenvalue weighted by atomic mass is 9.93. The van der Waals surface area contributed by atoms with Gasteiger partial charge in [-0.05, 0) is 23.3 Å². The molecule has 1 atom stereocenters. The van der Waals surface area contributed by atoms with Gasteiger partial charge in [-0.25, -0.2) is 4.79 Å². The van der Waals surface area contributed by atoms with Crippen LogP contribution in [0.5, 0.6) is 0 Å². The smallest absolute Gasteiger partial charge is 0.354 e. The van der Waals surface area contributed by atoms with Crippen LogP contribution in [-0.2, 0) is 25.6 Å². The van der Waals surface area contributed by atoms with Gasteiger partial charge in [-0.3, -0.25) is 4.79 Å². The summed E-state index contributed by atoms with van der Waals surface area (Å²) in [4.78, 5) is 28.4. The van der Waals surface area contributed by atoms with E-state index in [1.807, 2.05) is 18.2 Å². The Balaban J connectivity index is 1.85. The van der Waals surface area contributed by atoms with Crippen molar-refractivity contribution in [2.45, 2.75) is 18.4 Å². The number of rotatable bonds is 3. The van der Waals surface area contributed by atoms with Crippen LogP contribution < -0.4 is 11.1 Å². The Labute approximate surface area is 121 Å². The van der Waals surface area contributed by atoms with Gasteiger partial charge in [0.2, 0.25) is 5.91 Å². The van der Waals surface area contributed by atoms with Gasteiger partial charge in [-0.2, -0.15) is 0 Å². The fraction of sp³-hybridized carbons (Fsp3) is 0.357. The summed E-state index contributed by atoms with van der Waals surface area (Å²) in [7, 11) is 1.29. The van der Waals surface area contributed by atoms with Gasteiger partial charge >= 0.3 is 5.97 Å². The molecule has 1 unspecified atom stereocenters. The third kappa shape index (κ3) is 2.15. The maximum Gasteiger partial charge on any atom is 0.354 e. The highest BCUT2D eigenvalue weighted by atomic mass is 16.7. The van der Waals surface area contributed by atoms with Crippen LogP contribution >= 0.6 is 0 Å². The molecule has 2 heterocycles. The Hall–Kier alpha value is -2.41. The van der Waals surface area contributed by atoms with Crippen LogP contribution in [0.25, 0.3) is 0 Å². The first-order valence-electron chi connectivity index (χ1n) is 6.54. The van der Waals surface area contributed by atoms with Gasteiger partial charge in [0.15, 0.2) is 0 Å². The first-order valence-corrected chi connectivity index (χ1v) is 6.54. The predicted octanol–water partition coefficient (Wildman–Crippen LogP) is 0.176. The molecule has 0 aromatic heterocycles. The van der Waals surface area contributed by atoms with Gasteiger partial charge in [0.25, 0.3) is 5.60 Å². The molecule has 0 aliphatic carbocycles. The van der Waals surface area contributed by atoms with E-state index in [2.05, 4.69) is 10.5 Å². The standard InChI is InChI=1S/C14H15N3O4/c1-20-13(19)14(7-15)6-11(17-21-14)8-2-3-10-9(4-8)5-12(18)16-10/h2-4H,5-7,15H2,1H3,(H,16,18). The molecular weight excluding hydrogens is 274 g/mol. The number of anilines is 1. The Morgan fingerprint density at radius 1 is 1.57 bits per heavy atom. The maximum absolute atomic E-state index is 11.8. The van der Waals surface area contributed by atoms with Gasteiger partial charge in [-0.15, -0.1) is 0 Å². The molecule has 7 heteroatoms. The van der Waals surface area contributed by atoms with Crippen LogP contribution in [0.3, 0.4) is 0 Å². The fourth-order valence-corrected chi connectivity index (χ4v) is 2.53. The van der Waals surface area contributed by atoms with Gasteiger partial charge in [0.1, 0.15) is 0 Å². The van der Waals surface area contributed by atoms with Crippen LogP contribution in [0.1, 0.15) is 17.5 Å². The summed E-state index contributed by atoms with van der Waals surface area (Å²) in [6.07, 6.45) is 0.590. The number of hydrogen-bond acceptors (Lipinski definition) is 6. The van der Waals surface area contributed by atoms with Crippen LogP contribution in [0.4, 0.5) is 5.69 Å². The summed E-state index contributed by atoms with van der Waals surface area (Å²) in [5.41, 5.74) is 7.53. The van der Waals surface area contributed by atoms with Crippen LogP contribution in [0.2, 0.25) is 0 Å². The van der Waals surface area contributed by atoms with E-state index in [1.165, 1.54) is 7.11 Å². The zero-order chi connectivity index (χ0) is 15.0. The van der Waals surface area contributed by atoms with Crippen molar-refractivity contribution in [1.82, 2.24) is 0 Å².